The predicted molar refractivity (Wildman–Crippen MR) is 256 cm³/mol. The van der Waals surface area contributed by atoms with Crippen LogP contribution in [0.3, 0.4) is 0 Å². The van der Waals surface area contributed by atoms with Gasteiger partial charge in [-0.25, -0.2) is 4.57 Å². The van der Waals surface area contributed by atoms with Crippen LogP contribution in [0.15, 0.2) is 60.8 Å². The summed E-state index contributed by atoms with van der Waals surface area (Å²) in [5.74, 6) is -0.347. The molecule has 0 radical (unpaired) electrons. The van der Waals surface area contributed by atoms with Crippen LogP contribution in [0.4, 0.5) is 0 Å². The Morgan fingerprint density at radius 3 is 1.40 bits per heavy atom. The number of unbranched alkanes of at least 4 members (excludes halogenated alkanes) is 24. The molecule has 350 valence electrons. The van der Waals surface area contributed by atoms with Gasteiger partial charge in [0.15, 0.2) is 0 Å². The van der Waals surface area contributed by atoms with Gasteiger partial charge in [-0.1, -0.05) is 216 Å². The predicted octanol–water partition coefficient (Wildman–Crippen LogP) is 15.3. The van der Waals surface area contributed by atoms with Crippen molar-refractivity contribution in [1.82, 2.24) is 0 Å². The summed E-state index contributed by atoms with van der Waals surface area (Å²) in [6.45, 7) is 4.81. The molecule has 0 saturated carbocycles. The van der Waals surface area contributed by atoms with E-state index in [4.69, 9.17) is 24.3 Å². The minimum atomic E-state index is -4.29. The van der Waals surface area contributed by atoms with Crippen molar-refractivity contribution in [1.29, 1.82) is 0 Å². The number of esters is 1. The van der Waals surface area contributed by atoms with E-state index in [-0.39, 0.29) is 32.3 Å². The molecule has 0 aromatic rings. The van der Waals surface area contributed by atoms with Gasteiger partial charge in [-0.15, -0.1) is 0 Å². The molecule has 0 fully saturated rings. The number of phosphoric ester groups is 1. The van der Waals surface area contributed by atoms with Crippen molar-refractivity contribution in [3.63, 3.8) is 0 Å². The molecule has 0 heterocycles. The van der Waals surface area contributed by atoms with Crippen LogP contribution in [-0.2, 0) is 27.9 Å². The Morgan fingerprint density at radius 1 is 0.517 bits per heavy atom. The van der Waals surface area contributed by atoms with E-state index < -0.39 is 13.9 Å². The van der Waals surface area contributed by atoms with Gasteiger partial charge in [0, 0.05) is 19.6 Å². The van der Waals surface area contributed by atoms with E-state index in [0.29, 0.717) is 13.0 Å². The summed E-state index contributed by atoms with van der Waals surface area (Å²) in [7, 11) is -4.29. The first-order chi connectivity index (χ1) is 29.4. The molecule has 3 N–H and O–H groups in total. The van der Waals surface area contributed by atoms with E-state index in [1.165, 1.54) is 116 Å². The van der Waals surface area contributed by atoms with Crippen molar-refractivity contribution in [3.05, 3.63) is 60.8 Å². The number of rotatable bonds is 47. The topological polar surface area (TPSA) is 117 Å². The Balaban J connectivity index is 4.00. The van der Waals surface area contributed by atoms with Crippen LogP contribution in [0.1, 0.15) is 219 Å². The first-order valence-electron chi connectivity index (χ1n) is 24.8. The normalized spacial score (nSPS) is 13.9. The lowest BCUT2D eigenvalue weighted by Gasteiger charge is -2.20. The van der Waals surface area contributed by atoms with E-state index in [1.807, 2.05) is 0 Å². The Morgan fingerprint density at radius 2 is 0.933 bits per heavy atom. The molecule has 60 heavy (non-hydrogen) atoms. The summed E-state index contributed by atoms with van der Waals surface area (Å²) in [5.41, 5.74) is 5.38. The Labute approximate surface area is 370 Å². The summed E-state index contributed by atoms with van der Waals surface area (Å²) in [5, 5.41) is 0. The maximum atomic E-state index is 12.6. The fraction of sp³-hybridized carbons (Fsp3) is 0.784. The van der Waals surface area contributed by atoms with Crippen LogP contribution in [-0.4, -0.2) is 49.9 Å². The molecule has 0 spiro atoms. The van der Waals surface area contributed by atoms with E-state index >= 15 is 0 Å². The van der Waals surface area contributed by atoms with E-state index in [9.17, 15) is 14.3 Å². The van der Waals surface area contributed by atoms with Crippen molar-refractivity contribution < 1.29 is 32.8 Å². The first kappa shape index (κ1) is 58.2. The third kappa shape index (κ3) is 47.3. The second kappa shape index (κ2) is 48.2. The van der Waals surface area contributed by atoms with E-state index in [2.05, 4.69) is 74.6 Å². The summed E-state index contributed by atoms with van der Waals surface area (Å²) in [6, 6.07) is 0. The third-order valence-corrected chi connectivity index (χ3v) is 11.4. The monoisotopic (exact) mass is 864 g/mol. The van der Waals surface area contributed by atoms with E-state index in [1.54, 1.807) is 0 Å². The SMILES string of the molecule is CC/C=C\C/C=C\C/C=C\C/C=C\C/C=C\CCCCCCCC(=O)OC(COCCCCCCCCCCCCCCCCCCCCCC)COP(=O)(O)OCCN. The molecule has 0 aromatic carbocycles. The summed E-state index contributed by atoms with van der Waals surface area (Å²) in [4.78, 5) is 22.6. The first-order valence-corrected chi connectivity index (χ1v) is 26.3. The third-order valence-electron chi connectivity index (χ3n) is 10.4. The van der Waals surface area contributed by atoms with Crippen molar-refractivity contribution in [3.8, 4) is 0 Å². The van der Waals surface area contributed by atoms with Crippen LogP contribution < -0.4 is 5.73 Å². The number of hydrogen-bond donors (Lipinski definition) is 2. The van der Waals surface area contributed by atoms with Gasteiger partial charge in [0.2, 0.25) is 0 Å². The van der Waals surface area contributed by atoms with Crippen LogP contribution in [0.25, 0.3) is 0 Å². The number of nitrogens with two attached hydrogens (primary N) is 1. The summed E-state index contributed by atoms with van der Waals surface area (Å²) >= 11 is 0. The molecular formula is C51H94NO7P. The second-order valence-electron chi connectivity index (χ2n) is 16.3. The molecule has 2 unspecified atom stereocenters. The quantitative estimate of drug-likeness (QED) is 0.0269. The van der Waals surface area contributed by atoms with E-state index in [0.717, 1.165) is 83.5 Å². The smallest absolute Gasteiger partial charge is 0.457 e. The second-order valence-corrected chi connectivity index (χ2v) is 17.8. The van der Waals surface area contributed by atoms with Gasteiger partial charge >= 0.3 is 13.8 Å². The molecular weight excluding hydrogens is 770 g/mol. The zero-order chi connectivity index (χ0) is 43.7. The minimum Gasteiger partial charge on any atom is -0.457 e. The number of ether oxygens (including phenoxy) is 2. The highest BCUT2D eigenvalue weighted by molar-refractivity contribution is 7.47. The lowest BCUT2D eigenvalue weighted by molar-refractivity contribution is -0.154. The lowest BCUT2D eigenvalue weighted by Crippen LogP contribution is -2.28. The number of carbonyl (C=O) groups is 1. The number of allylic oxidation sites excluding steroid dienone is 10. The van der Waals surface area contributed by atoms with Gasteiger partial charge in [-0.05, 0) is 57.8 Å². The Hall–Kier alpha value is -1.80. The van der Waals surface area contributed by atoms with Crippen molar-refractivity contribution in [2.75, 3.05) is 33.0 Å². The lowest BCUT2D eigenvalue weighted by atomic mass is 10.0. The number of phosphoric acid groups is 1. The molecule has 0 amide bonds. The molecule has 0 aliphatic carbocycles. The average molecular weight is 864 g/mol. The van der Waals surface area contributed by atoms with Crippen LogP contribution in [0.2, 0.25) is 0 Å². The Kier molecular flexibility index (Phi) is 46.8. The molecule has 0 aliphatic rings. The van der Waals surface area contributed by atoms with Gasteiger partial charge in [-0.2, -0.15) is 0 Å². The summed E-state index contributed by atoms with van der Waals surface area (Å²) in [6.07, 6.45) is 59.6. The van der Waals surface area contributed by atoms with Gasteiger partial charge in [0.25, 0.3) is 0 Å². The molecule has 0 aliphatic heterocycles. The van der Waals surface area contributed by atoms with Crippen LogP contribution in [0, 0.1) is 0 Å². The highest BCUT2D eigenvalue weighted by Gasteiger charge is 2.25. The van der Waals surface area contributed by atoms with Crippen LogP contribution in [0.5, 0.6) is 0 Å². The van der Waals surface area contributed by atoms with Gasteiger partial charge in [-0.3, -0.25) is 13.8 Å². The highest BCUT2D eigenvalue weighted by Crippen LogP contribution is 2.43. The molecule has 0 aromatic heterocycles. The minimum absolute atomic E-state index is 0.0955. The highest BCUT2D eigenvalue weighted by atomic mass is 31.2. The maximum Gasteiger partial charge on any atom is 0.472 e. The molecule has 0 bridgehead atoms. The van der Waals surface area contributed by atoms with Crippen molar-refractivity contribution >= 4 is 13.8 Å². The van der Waals surface area contributed by atoms with Crippen LogP contribution >= 0.6 is 7.82 Å². The fourth-order valence-corrected chi connectivity index (χ4v) is 7.61. The molecule has 9 heteroatoms. The van der Waals surface area contributed by atoms with Gasteiger partial charge < -0.3 is 20.1 Å². The molecule has 0 saturated heterocycles. The zero-order valence-corrected chi connectivity index (χ0v) is 39.8. The van der Waals surface area contributed by atoms with Gasteiger partial charge in [0.05, 0.1) is 19.8 Å². The Bertz CT molecular complexity index is 1110. The van der Waals surface area contributed by atoms with Crippen molar-refractivity contribution in [2.24, 2.45) is 5.73 Å². The molecule has 0 rings (SSSR count). The van der Waals surface area contributed by atoms with Gasteiger partial charge in [0.1, 0.15) is 6.10 Å². The summed E-state index contributed by atoms with van der Waals surface area (Å²) < 4.78 is 33.6. The standard InChI is InChI=1S/C51H94NO7P/c1-3-5-7-9-11-13-15-17-19-21-23-25-26-28-30-32-34-36-38-40-42-44-51(53)59-50(49-58-60(54,55)57-47-45-52)48-56-46-43-41-39-37-35-33-31-29-27-24-22-20-18-16-14-12-10-8-6-4-2/h5,7,11,13,17,19,23,25,28,30,50H,3-4,6,8-10,12,14-16,18,20-22,24,26-27,29,31-49,52H2,1-2H3,(H,54,55)/b7-5-,13-11-,19-17-,25-23-,30-28-. The largest absolute Gasteiger partial charge is 0.472 e. The molecule has 2 atom stereocenters. The number of carbonyl (C=O) groups excluding carboxylic acids is 1. The maximum absolute atomic E-state index is 12.6. The molecule has 8 nitrogen and oxygen atoms in total. The number of hydrogen-bond acceptors (Lipinski definition) is 7. The van der Waals surface area contributed by atoms with Crippen molar-refractivity contribution in [2.45, 2.75) is 225 Å². The average Bonchev–Trinajstić information content (AvgIpc) is 3.24. The zero-order valence-electron chi connectivity index (χ0n) is 38.9. The fourth-order valence-electron chi connectivity index (χ4n) is 6.85.